The summed E-state index contributed by atoms with van der Waals surface area (Å²) in [5, 5.41) is 4.65. The Morgan fingerprint density at radius 1 is 1.35 bits per heavy atom. The van der Waals surface area contributed by atoms with Crippen LogP contribution in [0.25, 0.3) is 11.0 Å². The monoisotopic (exact) mass is 336 g/mol. The van der Waals surface area contributed by atoms with Crippen molar-refractivity contribution in [1.82, 2.24) is 9.62 Å². The highest BCUT2D eigenvalue weighted by atomic mass is 32.2. The number of benzene rings is 1. The number of piperidine rings is 1. The van der Waals surface area contributed by atoms with E-state index in [2.05, 4.69) is 31.3 Å². The van der Waals surface area contributed by atoms with Gasteiger partial charge in [0.15, 0.2) is 0 Å². The van der Waals surface area contributed by atoms with Crippen LogP contribution in [0.1, 0.15) is 24.7 Å². The van der Waals surface area contributed by atoms with Crippen LogP contribution < -0.4 is 5.32 Å². The van der Waals surface area contributed by atoms with Gasteiger partial charge < -0.3 is 9.73 Å². The minimum Gasteiger partial charge on any atom is -0.460 e. The van der Waals surface area contributed by atoms with Crippen molar-refractivity contribution in [2.45, 2.75) is 32.9 Å². The third-order valence-corrected chi connectivity index (χ3v) is 5.87. The predicted molar refractivity (Wildman–Crippen MR) is 91.8 cm³/mol. The Kier molecular flexibility index (Phi) is 4.49. The Hall–Kier alpha value is -1.37. The smallest absolute Gasteiger partial charge is 0.211 e. The molecule has 0 spiro atoms. The summed E-state index contributed by atoms with van der Waals surface area (Å²) >= 11 is 0. The minimum atomic E-state index is -3.08. The maximum absolute atomic E-state index is 11.6. The fourth-order valence-electron chi connectivity index (χ4n) is 3.25. The van der Waals surface area contributed by atoms with Gasteiger partial charge in [-0.05, 0) is 37.5 Å². The SMILES string of the molecule is Cc1ccc2oc(CN[C@H]3CCN(S(C)(=O)=O)C[C@@H]3C)cc2c1. The zero-order valence-corrected chi connectivity index (χ0v) is 14.7. The van der Waals surface area contributed by atoms with Crippen molar-refractivity contribution in [2.75, 3.05) is 19.3 Å². The van der Waals surface area contributed by atoms with Crippen molar-refractivity contribution in [3.63, 3.8) is 0 Å². The van der Waals surface area contributed by atoms with Crippen LogP contribution in [0, 0.1) is 12.8 Å². The van der Waals surface area contributed by atoms with E-state index in [4.69, 9.17) is 4.42 Å². The van der Waals surface area contributed by atoms with E-state index in [0.29, 0.717) is 25.7 Å². The lowest BCUT2D eigenvalue weighted by Gasteiger charge is -2.35. The highest BCUT2D eigenvalue weighted by Gasteiger charge is 2.30. The maximum Gasteiger partial charge on any atom is 0.211 e. The van der Waals surface area contributed by atoms with Crippen LogP contribution in [0.5, 0.6) is 0 Å². The quantitative estimate of drug-likeness (QED) is 0.932. The average Bonchev–Trinajstić information content (AvgIpc) is 2.86. The molecule has 0 saturated carbocycles. The normalized spacial score (nSPS) is 23.4. The van der Waals surface area contributed by atoms with Crippen molar-refractivity contribution in [3.05, 3.63) is 35.6 Å². The first kappa shape index (κ1) is 16.5. The molecular formula is C17H24N2O3S. The molecule has 2 heterocycles. The molecule has 2 atom stereocenters. The number of aryl methyl sites for hydroxylation is 1. The van der Waals surface area contributed by atoms with Gasteiger partial charge in [-0.25, -0.2) is 12.7 Å². The first-order valence-electron chi connectivity index (χ1n) is 8.00. The first-order valence-corrected chi connectivity index (χ1v) is 9.85. The lowest BCUT2D eigenvalue weighted by Crippen LogP contribution is -2.49. The van der Waals surface area contributed by atoms with Gasteiger partial charge in [-0.15, -0.1) is 0 Å². The molecule has 1 saturated heterocycles. The zero-order chi connectivity index (χ0) is 16.6. The second kappa shape index (κ2) is 6.26. The molecule has 1 aromatic heterocycles. The maximum atomic E-state index is 11.6. The van der Waals surface area contributed by atoms with E-state index < -0.39 is 10.0 Å². The molecule has 6 heteroatoms. The number of nitrogens with zero attached hydrogens (tertiary/aromatic N) is 1. The Balaban J connectivity index is 1.61. The molecule has 0 radical (unpaired) electrons. The van der Waals surface area contributed by atoms with Gasteiger partial charge in [-0.2, -0.15) is 0 Å². The molecule has 1 aliphatic heterocycles. The topological polar surface area (TPSA) is 62.6 Å². The lowest BCUT2D eigenvalue weighted by atomic mass is 9.95. The number of rotatable bonds is 4. The van der Waals surface area contributed by atoms with Crippen molar-refractivity contribution in [3.8, 4) is 0 Å². The van der Waals surface area contributed by atoms with Crippen LogP contribution >= 0.6 is 0 Å². The number of hydrogen-bond donors (Lipinski definition) is 1. The van der Waals surface area contributed by atoms with E-state index in [0.717, 1.165) is 23.2 Å². The summed E-state index contributed by atoms with van der Waals surface area (Å²) in [6, 6.07) is 8.55. The number of fused-ring (bicyclic) bond motifs is 1. The summed E-state index contributed by atoms with van der Waals surface area (Å²) in [4.78, 5) is 0. The Bertz CT molecular complexity index is 797. The summed E-state index contributed by atoms with van der Waals surface area (Å²) in [7, 11) is -3.08. The summed E-state index contributed by atoms with van der Waals surface area (Å²) in [5.74, 6) is 1.20. The highest BCUT2D eigenvalue weighted by Crippen LogP contribution is 2.22. The van der Waals surface area contributed by atoms with Crippen LogP contribution in [0.15, 0.2) is 28.7 Å². The molecule has 2 aromatic rings. The van der Waals surface area contributed by atoms with Crippen LogP contribution in [0.2, 0.25) is 0 Å². The van der Waals surface area contributed by atoms with Crippen LogP contribution in [0.4, 0.5) is 0 Å². The molecular weight excluding hydrogens is 312 g/mol. The summed E-state index contributed by atoms with van der Waals surface area (Å²) in [6.07, 6.45) is 2.11. The Morgan fingerprint density at radius 2 is 2.13 bits per heavy atom. The second-order valence-corrected chi connectivity index (χ2v) is 8.61. The molecule has 0 aliphatic carbocycles. The minimum absolute atomic E-state index is 0.282. The van der Waals surface area contributed by atoms with Crippen molar-refractivity contribution >= 4 is 21.0 Å². The van der Waals surface area contributed by atoms with Gasteiger partial charge >= 0.3 is 0 Å². The Morgan fingerprint density at radius 3 is 2.83 bits per heavy atom. The van der Waals surface area contributed by atoms with E-state index in [1.807, 2.05) is 12.1 Å². The van der Waals surface area contributed by atoms with Gasteiger partial charge in [0.25, 0.3) is 0 Å². The molecule has 0 bridgehead atoms. The summed E-state index contributed by atoms with van der Waals surface area (Å²) in [6.45, 7) is 6.00. The highest BCUT2D eigenvalue weighted by molar-refractivity contribution is 7.88. The zero-order valence-electron chi connectivity index (χ0n) is 13.9. The molecule has 1 N–H and O–H groups in total. The van der Waals surface area contributed by atoms with Crippen molar-refractivity contribution < 1.29 is 12.8 Å². The first-order chi connectivity index (χ1) is 10.8. The average molecular weight is 336 g/mol. The summed E-state index contributed by atoms with van der Waals surface area (Å²) < 4.78 is 30.7. The number of hydrogen-bond acceptors (Lipinski definition) is 4. The van der Waals surface area contributed by atoms with Gasteiger partial charge in [0.2, 0.25) is 10.0 Å². The number of nitrogens with one attached hydrogen (secondary N) is 1. The van der Waals surface area contributed by atoms with E-state index in [9.17, 15) is 8.42 Å². The fourth-order valence-corrected chi connectivity index (χ4v) is 4.19. The van der Waals surface area contributed by atoms with Gasteiger partial charge in [-0.1, -0.05) is 18.6 Å². The number of furan rings is 1. The molecule has 1 aliphatic rings. The van der Waals surface area contributed by atoms with Crippen LogP contribution in [-0.4, -0.2) is 38.1 Å². The van der Waals surface area contributed by atoms with E-state index in [-0.39, 0.29) is 5.92 Å². The molecule has 1 aromatic carbocycles. The molecule has 126 valence electrons. The van der Waals surface area contributed by atoms with Gasteiger partial charge in [0.05, 0.1) is 12.8 Å². The largest absolute Gasteiger partial charge is 0.460 e. The molecule has 3 rings (SSSR count). The molecule has 1 fully saturated rings. The third kappa shape index (κ3) is 3.76. The van der Waals surface area contributed by atoms with Gasteiger partial charge in [0, 0.05) is 24.5 Å². The van der Waals surface area contributed by atoms with Gasteiger partial charge in [-0.3, -0.25) is 0 Å². The lowest BCUT2D eigenvalue weighted by molar-refractivity contribution is 0.217. The van der Waals surface area contributed by atoms with E-state index in [1.54, 1.807) is 4.31 Å². The third-order valence-electron chi connectivity index (χ3n) is 4.60. The van der Waals surface area contributed by atoms with E-state index >= 15 is 0 Å². The second-order valence-electron chi connectivity index (χ2n) is 6.63. The van der Waals surface area contributed by atoms with Crippen molar-refractivity contribution in [1.29, 1.82) is 0 Å². The standard InChI is InChI=1S/C17H24N2O3S/c1-12-4-5-17-14(8-12)9-15(22-17)10-18-16-6-7-19(11-13(16)2)23(3,20)21/h4-5,8-9,13,16,18H,6-7,10-11H2,1-3H3/t13-,16-/m0/s1. The molecule has 5 nitrogen and oxygen atoms in total. The Labute approximate surface area is 137 Å². The van der Waals surface area contributed by atoms with Crippen LogP contribution in [0.3, 0.4) is 0 Å². The van der Waals surface area contributed by atoms with Gasteiger partial charge in [0.1, 0.15) is 11.3 Å². The van der Waals surface area contributed by atoms with Crippen molar-refractivity contribution in [2.24, 2.45) is 5.92 Å². The van der Waals surface area contributed by atoms with E-state index in [1.165, 1.54) is 11.8 Å². The summed E-state index contributed by atoms with van der Waals surface area (Å²) in [5.41, 5.74) is 2.13. The fraction of sp³-hybridized carbons (Fsp3) is 0.529. The molecule has 0 amide bonds. The predicted octanol–water partition coefficient (Wildman–Crippen LogP) is 2.50. The molecule has 0 unspecified atom stereocenters. The van der Waals surface area contributed by atoms with Crippen LogP contribution in [-0.2, 0) is 16.6 Å². The molecule has 23 heavy (non-hydrogen) atoms. The number of sulfonamides is 1.